The number of nitrogens with one attached hydrogen (secondary N) is 1. The molecule has 242 valence electrons. The van der Waals surface area contributed by atoms with E-state index in [1.54, 1.807) is 13.0 Å². The molecule has 2 aromatic carbocycles. The molecule has 1 N–H and O–H groups in total. The van der Waals surface area contributed by atoms with Crippen molar-refractivity contribution < 1.29 is 28.6 Å². The first-order valence-electron chi connectivity index (χ1n) is 15.8. The van der Waals surface area contributed by atoms with Gasteiger partial charge in [0.15, 0.2) is 0 Å². The predicted molar refractivity (Wildman–Crippen MR) is 177 cm³/mol. The predicted octanol–water partition coefficient (Wildman–Crippen LogP) is 6.04. The number of carbonyl (C=O) groups is 3. The molecule has 4 rings (SSSR count). The number of thioether (sulfide) groups is 1. The topological polar surface area (TPSA) is 94.2 Å². The fourth-order valence-electron chi connectivity index (χ4n) is 5.64. The van der Waals surface area contributed by atoms with Gasteiger partial charge in [-0.2, -0.15) is 11.8 Å². The largest absolute Gasteiger partial charge is 0.467 e. The minimum absolute atomic E-state index is 0.0424. The molecule has 1 heterocycles. The van der Waals surface area contributed by atoms with Crippen molar-refractivity contribution in [2.45, 2.75) is 78.0 Å². The first-order valence-corrected chi connectivity index (χ1v) is 17.2. The van der Waals surface area contributed by atoms with Gasteiger partial charge in [0.05, 0.1) is 26.9 Å². The number of nitrogens with zero attached hydrogens (tertiary/aromatic N) is 1. The molecule has 2 fully saturated rings. The third-order valence-corrected chi connectivity index (χ3v) is 8.85. The number of methoxy groups -OCH3 is 1. The van der Waals surface area contributed by atoms with E-state index < -0.39 is 18.1 Å². The van der Waals surface area contributed by atoms with Gasteiger partial charge in [0.25, 0.3) is 11.8 Å². The molecule has 8 nitrogen and oxygen atoms in total. The summed E-state index contributed by atoms with van der Waals surface area (Å²) in [6.07, 6.45) is 8.28. The quantitative estimate of drug-likeness (QED) is 0.304. The average molecular weight is 627 g/mol. The second kappa shape index (κ2) is 18.8. The Hall–Kier alpha value is -2.88. The molecule has 0 bridgehead atoms. The summed E-state index contributed by atoms with van der Waals surface area (Å²) in [5.74, 6) is 0.904. The van der Waals surface area contributed by atoms with Crippen LogP contribution in [0.25, 0.3) is 11.1 Å². The van der Waals surface area contributed by atoms with E-state index in [-0.39, 0.29) is 18.4 Å². The summed E-state index contributed by atoms with van der Waals surface area (Å²) in [6, 6.07) is 12.7. The lowest BCUT2D eigenvalue weighted by atomic mass is 9.85. The lowest BCUT2D eigenvalue weighted by Gasteiger charge is -2.32. The summed E-state index contributed by atoms with van der Waals surface area (Å²) in [7, 11) is 1.30. The lowest BCUT2D eigenvalue weighted by molar-refractivity contribution is -0.150. The Bertz CT molecular complexity index is 1210. The maximum Gasteiger partial charge on any atom is 0.328 e. The molecule has 2 atom stereocenters. The highest BCUT2D eigenvalue weighted by Gasteiger charge is 2.30. The highest BCUT2D eigenvalue weighted by Crippen LogP contribution is 2.31. The highest BCUT2D eigenvalue weighted by atomic mass is 32.2. The van der Waals surface area contributed by atoms with E-state index in [1.165, 1.54) is 32.1 Å². The van der Waals surface area contributed by atoms with Gasteiger partial charge in [-0.25, -0.2) is 4.79 Å². The molecule has 1 aliphatic carbocycles. The van der Waals surface area contributed by atoms with Crippen LogP contribution in [-0.2, 0) is 30.4 Å². The summed E-state index contributed by atoms with van der Waals surface area (Å²) < 4.78 is 16.6. The van der Waals surface area contributed by atoms with Crippen molar-refractivity contribution in [3.8, 4) is 11.1 Å². The fourth-order valence-corrected chi connectivity index (χ4v) is 5.64. The number of rotatable bonds is 11. The van der Waals surface area contributed by atoms with Crippen LogP contribution in [0.5, 0.6) is 0 Å². The summed E-state index contributed by atoms with van der Waals surface area (Å²) in [6.45, 7) is 8.29. The number of aryl methyl sites for hydroxylation is 1. The first kappa shape index (κ1) is 35.6. The Morgan fingerprint density at radius 1 is 1.05 bits per heavy atom. The van der Waals surface area contributed by atoms with Gasteiger partial charge in [0.2, 0.25) is 0 Å². The molecule has 0 aromatic heterocycles. The van der Waals surface area contributed by atoms with E-state index in [2.05, 4.69) is 18.5 Å². The van der Waals surface area contributed by atoms with Crippen molar-refractivity contribution in [1.29, 1.82) is 0 Å². The number of carbonyl (C=O) groups excluding carboxylic acids is 3. The zero-order valence-electron chi connectivity index (χ0n) is 27.1. The van der Waals surface area contributed by atoms with E-state index in [0.717, 1.165) is 41.5 Å². The van der Waals surface area contributed by atoms with E-state index in [0.29, 0.717) is 37.8 Å². The molecule has 0 radical (unpaired) electrons. The van der Waals surface area contributed by atoms with E-state index >= 15 is 0 Å². The van der Waals surface area contributed by atoms with Crippen LogP contribution in [0.3, 0.4) is 0 Å². The monoisotopic (exact) mass is 626 g/mol. The molecule has 0 spiro atoms. The van der Waals surface area contributed by atoms with Crippen LogP contribution in [0.15, 0.2) is 42.5 Å². The van der Waals surface area contributed by atoms with Gasteiger partial charge in [-0.3, -0.25) is 9.59 Å². The van der Waals surface area contributed by atoms with Crippen molar-refractivity contribution in [3.63, 3.8) is 0 Å². The van der Waals surface area contributed by atoms with Crippen molar-refractivity contribution in [2.75, 3.05) is 45.4 Å². The smallest absolute Gasteiger partial charge is 0.328 e. The molecule has 1 saturated carbocycles. The van der Waals surface area contributed by atoms with Crippen molar-refractivity contribution in [3.05, 3.63) is 59.2 Å². The third kappa shape index (κ3) is 10.6. The molecule has 0 unspecified atom stereocenters. The van der Waals surface area contributed by atoms with Gasteiger partial charge in [-0.15, -0.1) is 0 Å². The maximum atomic E-state index is 13.5. The highest BCUT2D eigenvalue weighted by molar-refractivity contribution is 7.98. The lowest BCUT2D eigenvalue weighted by Crippen LogP contribution is -2.47. The summed E-state index contributed by atoms with van der Waals surface area (Å²) in [5, 5.41) is 2.74. The van der Waals surface area contributed by atoms with Gasteiger partial charge < -0.3 is 24.4 Å². The van der Waals surface area contributed by atoms with Crippen LogP contribution in [0.4, 0.5) is 0 Å². The average Bonchev–Trinajstić information content (AvgIpc) is 3.06. The standard InChI is InChI=1S/C32H42N2O6.C3H8S/c1-22-9-7-8-12-26(22)28-19-25(13-14-27(28)30(35)33-23(2)32(37)38-3)21-40-29(20-24-10-5-4-6-11-24)31(36)34-15-17-39-18-16-34;1-3-4-2/h7-9,12-14,19,23-24,29H,4-6,10-11,15-18,20-21H2,1-3H3,(H,33,35);3H2,1-2H3/t23-,29-;/m0./s1. The number of ether oxygens (including phenoxy) is 3. The normalized spacial score (nSPS) is 16.7. The zero-order chi connectivity index (χ0) is 31.9. The van der Waals surface area contributed by atoms with Gasteiger partial charge in [-0.1, -0.05) is 69.4 Å². The molecular weight excluding hydrogens is 576 g/mol. The van der Waals surface area contributed by atoms with Crippen LogP contribution in [0, 0.1) is 12.8 Å². The van der Waals surface area contributed by atoms with Crippen molar-refractivity contribution in [2.24, 2.45) is 5.92 Å². The van der Waals surface area contributed by atoms with Gasteiger partial charge in [0, 0.05) is 18.7 Å². The van der Waals surface area contributed by atoms with Crippen LogP contribution in [0.2, 0.25) is 0 Å². The number of morpholine rings is 1. The maximum absolute atomic E-state index is 13.5. The number of hydrogen-bond donors (Lipinski definition) is 1. The van der Waals surface area contributed by atoms with Gasteiger partial charge in [-0.05, 0) is 72.6 Å². The van der Waals surface area contributed by atoms with Crippen molar-refractivity contribution >= 4 is 29.5 Å². The fraction of sp³-hybridized carbons (Fsp3) is 0.571. The Kier molecular flexibility index (Phi) is 15.2. The SMILES string of the molecule is CCSC.COC(=O)[C@H](C)NC(=O)c1ccc(CO[C@@H](CC2CCCCC2)C(=O)N2CCOCC2)cc1-c1ccccc1C. The number of hydrogen-bond acceptors (Lipinski definition) is 7. The second-order valence-corrected chi connectivity index (χ2v) is 12.6. The van der Waals surface area contributed by atoms with E-state index in [4.69, 9.17) is 14.2 Å². The second-order valence-electron chi connectivity index (χ2n) is 11.5. The Balaban J connectivity index is 0.00000124. The molecule has 2 aliphatic rings. The zero-order valence-corrected chi connectivity index (χ0v) is 27.9. The Labute approximate surface area is 267 Å². The molecule has 1 aliphatic heterocycles. The van der Waals surface area contributed by atoms with Crippen LogP contribution < -0.4 is 5.32 Å². The van der Waals surface area contributed by atoms with E-state index in [9.17, 15) is 14.4 Å². The molecule has 1 saturated heterocycles. The van der Waals surface area contributed by atoms with Crippen LogP contribution >= 0.6 is 11.8 Å². The number of benzene rings is 2. The molecule has 9 heteroatoms. The van der Waals surface area contributed by atoms with Crippen LogP contribution in [-0.4, -0.2) is 80.3 Å². The minimum atomic E-state index is -0.781. The Morgan fingerprint density at radius 3 is 2.36 bits per heavy atom. The number of amides is 2. The molecule has 2 aromatic rings. The van der Waals surface area contributed by atoms with Gasteiger partial charge >= 0.3 is 5.97 Å². The molecular formula is C35H50N2O6S. The minimum Gasteiger partial charge on any atom is -0.467 e. The molecule has 44 heavy (non-hydrogen) atoms. The van der Waals surface area contributed by atoms with Crippen LogP contribution in [0.1, 0.15) is 73.9 Å². The Morgan fingerprint density at radius 2 is 1.73 bits per heavy atom. The summed E-state index contributed by atoms with van der Waals surface area (Å²) >= 11 is 1.86. The molecule has 2 amide bonds. The summed E-state index contributed by atoms with van der Waals surface area (Å²) in [5.41, 5.74) is 4.02. The third-order valence-electron chi connectivity index (χ3n) is 8.28. The van der Waals surface area contributed by atoms with Crippen molar-refractivity contribution in [1.82, 2.24) is 10.2 Å². The summed E-state index contributed by atoms with van der Waals surface area (Å²) in [4.78, 5) is 40.5. The van der Waals surface area contributed by atoms with E-state index in [1.807, 2.05) is 60.0 Å². The van der Waals surface area contributed by atoms with Gasteiger partial charge in [0.1, 0.15) is 12.1 Å². The number of esters is 1. The first-order chi connectivity index (χ1) is 21.3.